The Kier molecular flexibility index (Phi) is 1.91. The molecule has 68 valence electrons. The summed E-state index contributed by atoms with van der Waals surface area (Å²) in [6.07, 6.45) is 0. The van der Waals surface area contributed by atoms with Gasteiger partial charge in [0.25, 0.3) is 0 Å². The van der Waals surface area contributed by atoms with Gasteiger partial charge in [0.05, 0.1) is 5.52 Å². The zero-order valence-electron chi connectivity index (χ0n) is 7.41. The van der Waals surface area contributed by atoms with Gasteiger partial charge in [-0.1, -0.05) is 15.9 Å². The summed E-state index contributed by atoms with van der Waals surface area (Å²) in [4.78, 5) is 3.00. The topological polar surface area (TPSA) is 15.8 Å². The highest BCUT2D eigenvalue weighted by Gasteiger charge is 2.09. The maximum absolute atomic E-state index is 13.4. The third kappa shape index (κ3) is 1.27. The molecule has 0 atom stereocenters. The molecular formula is C10H9BrFN. The maximum atomic E-state index is 13.4. The van der Waals surface area contributed by atoms with E-state index in [0.717, 1.165) is 21.1 Å². The Morgan fingerprint density at radius 2 is 2.00 bits per heavy atom. The fourth-order valence-corrected chi connectivity index (χ4v) is 1.91. The van der Waals surface area contributed by atoms with Crippen LogP contribution < -0.4 is 0 Å². The number of aromatic amines is 1. The number of aryl methyl sites for hydroxylation is 2. The van der Waals surface area contributed by atoms with Gasteiger partial charge in [0.15, 0.2) is 0 Å². The molecule has 0 radical (unpaired) electrons. The van der Waals surface area contributed by atoms with E-state index in [0.29, 0.717) is 5.52 Å². The zero-order valence-corrected chi connectivity index (χ0v) is 9.00. The summed E-state index contributed by atoms with van der Waals surface area (Å²) in [5.41, 5.74) is 2.65. The van der Waals surface area contributed by atoms with Gasteiger partial charge in [0.2, 0.25) is 0 Å². The molecule has 1 heterocycles. The van der Waals surface area contributed by atoms with Gasteiger partial charge in [-0.2, -0.15) is 0 Å². The van der Waals surface area contributed by atoms with Crippen molar-refractivity contribution in [3.8, 4) is 0 Å². The monoisotopic (exact) mass is 241 g/mol. The van der Waals surface area contributed by atoms with Crippen LogP contribution in [0.4, 0.5) is 4.39 Å². The lowest BCUT2D eigenvalue weighted by molar-refractivity contribution is 0.636. The number of hydrogen-bond acceptors (Lipinski definition) is 0. The standard InChI is InChI=1S/C10H9BrFN/c1-5-3-7-6(2)8(11)4-9(12)10(7)13-5/h3-4,13H,1-2H3. The largest absolute Gasteiger partial charge is 0.356 e. The fraction of sp³-hybridized carbons (Fsp3) is 0.200. The quantitative estimate of drug-likeness (QED) is 0.725. The molecule has 0 spiro atoms. The average Bonchev–Trinajstić information content (AvgIpc) is 2.44. The summed E-state index contributed by atoms with van der Waals surface area (Å²) in [6.45, 7) is 3.89. The molecule has 1 N–H and O–H groups in total. The molecule has 0 amide bonds. The highest BCUT2D eigenvalue weighted by atomic mass is 79.9. The number of nitrogens with one attached hydrogen (secondary N) is 1. The second-order valence-electron chi connectivity index (χ2n) is 3.21. The number of rotatable bonds is 0. The predicted molar refractivity (Wildman–Crippen MR) is 55.4 cm³/mol. The smallest absolute Gasteiger partial charge is 0.148 e. The summed E-state index contributed by atoms with van der Waals surface area (Å²) in [5, 5.41) is 0.948. The number of aromatic nitrogens is 1. The molecule has 1 nitrogen and oxygen atoms in total. The predicted octanol–water partition coefficient (Wildman–Crippen LogP) is 3.69. The van der Waals surface area contributed by atoms with Crippen molar-refractivity contribution in [3.05, 3.63) is 33.7 Å². The van der Waals surface area contributed by atoms with Crippen LogP contribution in [-0.4, -0.2) is 4.98 Å². The lowest BCUT2D eigenvalue weighted by Crippen LogP contribution is -1.83. The van der Waals surface area contributed by atoms with Crippen molar-refractivity contribution < 1.29 is 4.39 Å². The molecule has 2 rings (SSSR count). The lowest BCUT2D eigenvalue weighted by atomic mass is 10.1. The normalized spacial score (nSPS) is 11.1. The van der Waals surface area contributed by atoms with Crippen LogP contribution in [0.25, 0.3) is 10.9 Å². The summed E-state index contributed by atoms with van der Waals surface area (Å²) >= 11 is 3.32. The molecule has 2 aromatic rings. The molecule has 3 heteroatoms. The Bertz CT molecular complexity index is 473. The number of hydrogen-bond donors (Lipinski definition) is 1. The average molecular weight is 242 g/mol. The second-order valence-corrected chi connectivity index (χ2v) is 4.06. The Morgan fingerprint density at radius 1 is 1.31 bits per heavy atom. The van der Waals surface area contributed by atoms with Crippen LogP contribution in [0.1, 0.15) is 11.3 Å². The van der Waals surface area contributed by atoms with Crippen LogP contribution in [0.2, 0.25) is 0 Å². The minimum absolute atomic E-state index is 0.208. The molecule has 0 aliphatic heterocycles. The second kappa shape index (κ2) is 2.84. The van der Waals surface area contributed by atoms with Gasteiger partial charge in [-0.05, 0) is 31.5 Å². The molecule has 0 fully saturated rings. The highest BCUT2D eigenvalue weighted by molar-refractivity contribution is 9.10. The third-order valence-electron chi connectivity index (χ3n) is 2.21. The van der Waals surface area contributed by atoms with E-state index in [4.69, 9.17) is 0 Å². The Labute approximate surface area is 84.1 Å². The van der Waals surface area contributed by atoms with Crippen LogP contribution in [0.15, 0.2) is 16.6 Å². The van der Waals surface area contributed by atoms with Gasteiger partial charge in [-0.15, -0.1) is 0 Å². The van der Waals surface area contributed by atoms with Crippen molar-refractivity contribution in [3.63, 3.8) is 0 Å². The Hall–Kier alpha value is -0.830. The lowest BCUT2D eigenvalue weighted by Gasteiger charge is -2.00. The first-order valence-electron chi connectivity index (χ1n) is 4.03. The number of H-pyrrole nitrogens is 1. The van der Waals surface area contributed by atoms with E-state index < -0.39 is 0 Å². The minimum Gasteiger partial charge on any atom is -0.356 e. The van der Waals surface area contributed by atoms with Gasteiger partial charge in [-0.25, -0.2) is 4.39 Å². The molecule has 1 aromatic carbocycles. The first kappa shape index (κ1) is 8.75. The van der Waals surface area contributed by atoms with Gasteiger partial charge in [0, 0.05) is 15.6 Å². The molecular weight excluding hydrogens is 233 g/mol. The maximum Gasteiger partial charge on any atom is 0.148 e. The number of halogens is 2. The van der Waals surface area contributed by atoms with Crippen molar-refractivity contribution in [2.75, 3.05) is 0 Å². The molecule has 0 aliphatic rings. The summed E-state index contributed by atoms with van der Waals surface area (Å²) < 4.78 is 14.2. The summed E-state index contributed by atoms with van der Waals surface area (Å²) in [5.74, 6) is -0.208. The molecule has 0 aliphatic carbocycles. The summed E-state index contributed by atoms with van der Waals surface area (Å²) in [6, 6.07) is 3.45. The van der Waals surface area contributed by atoms with Crippen molar-refractivity contribution in [2.45, 2.75) is 13.8 Å². The first-order valence-corrected chi connectivity index (χ1v) is 4.83. The van der Waals surface area contributed by atoms with Crippen LogP contribution >= 0.6 is 15.9 Å². The van der Waals surface area contributed by atoms with Gasteiger partial charge >= 0.3 is 0 Å². The molecule has 0 saturated carbocycles. The highest BCUT2D eigenvalue weighted by Crippen LogP contribution is 2.28. The first-order chi connectivity index (χ1) is 6.09. The molecule has 0 saturated heterocycles. The van der Waals surface area contributed by atoms with Crippen LogP contribution in [-0.2, 0) is 0 Å². The van der Waals surface area contributed by atoms with E-state index in [1.54, 1.807) is 0 Å². The van der Waals surface area contributed by atoms with E-state index >= 15 is 0 Å². The van der Waals surface area contributed by atoms with Crippen molar-refractivity contribution in [2.24, 2.45) is 0 Å². The Morgan fingerprint density at radius 3 is 2.69 bits per heavy atom. The van der Waals surface area contributed by atoms with Crippen LogP contribution in [0.3, 0.4) is 0 Å². The zero-order chi connectivity index (χ0) is 9.59. The van der Waals surface area contributed by atoms with Crippen molar-refractivity contribution in [1.82, 2.24) is 4.98 Å². The van der Waals surface area contributed by atoms with Crippen molar-refractivity contribution >= 4 is 26.8 Å². The Balaban J connectivity index is 2.95. The number of benzene rings is 1. The third-order valence-corrected chi connectivity index (χ3v) is 3.03. The molecule has 1 aromatic heterocycles. The van der Waals surface area contributed by atoms with Crippen molar-refractivity contribution in [1.29, 1.82) is 0 Å². The van der Waals surface area contributed by atoms with E-state index in [1.807, 2.05) is 19.9 Å². The van der Waals surface area contributed by atoms with E-state index in [9.17, 15) is 4.39 Å². The number of fused-ring (bicyclic) bond motifs is 1. The SMILES string of the molecule is Cc1cc2c(C)c(Br)cc(F)c2[nH]1. The minimum atomic E-state index is -0.208. The van der Waals surface area contributed by atoms with E-state index in [1.165, 1.54) is 6.07 Å². The van der Waals surface area contributed by atoms with E-state index in [2.05, 4.69) is 20.9 Å². The van der Waals surface area contributed by atoms with Gasteiger partial charge in [0.1, 0.15) is 5.82 Å². The molecule has 0 bridgehead atoms. The van der Waals surface area contributed by atoms with Gasteiger partial charge < -0.3 is 4.98 Å². The molecule has 0 unspecified atom stereocenters. The van der Waals surface area contributed by atoms with Crippen LogP contribution in [0.5, 0.6) is 0 Å². The van der Waals surface area contributed by atoms with E-state index in [-0.39, 0.29) is 5.82 Å². The van der Waals surface area contributed by atoms with Crippen LogP contribution in [0, 0.1) is 19.7 Å². The van der Waals surface area contributed by atoms with Gasteiger partial charge in [-0.3, -0.25) is 0 Å². The summed E-state index contributed by atoms with van der Waals surface area (Å²) in [7, 11) is 0. The fourth-order valence-electron chi connectivity index (χ4n) is 1.49. The molecule has 13 heavy (non-hydrogen) atoms.